The number of hydrogen-bond donors (Lipinski definition) is 3. The van der Waals surface area contributed by atoms with Crippen molar-refractivity contribution in [3.05, 3.63) is 90.5 Å². The molecule has 0 fully saturated rings. The monoisotopic (exact) mass is 448 g/mol. The Morgan fingerprint density at radius 2 is 1.41 bits per heavy atom. The van der Waals surface area contributed by atoms with Crippen LogP contribution in [0.2, 0.25) is 0 Å². The molecule has 9 heteroatoms. The van der Waals surface area contributed by atoms with Gasteiger partial charge in [0.1, 0.15) is 11.5 Å². The molecule has 0 saturated carbocycles. The standard InChI is InChI=1S/C23H21N4O4P/c1-2-21(28)27-22(17-13-15-18(16-14-17)26-23(24)25)32(29,30-19-9-5-3-6-10-19)31-20-11-7-4-8-12-20/h1,3-16,22H,(H,27,28)(H4,24,25,26). The van der Waals surface area contributed by atoms with E-state index in [0.29, 0.717) is 22.7 Å². The lowest BCUT2D eigenvalue weighted by molar-refractivity contribution is -0.116. The Labute approximate surface area is 185 Å². The van der Waals surface area contributed by atoms with Crippen LogP contribution in [0.5, 0.6) is 11.5 Å². The molecule has 0 heterocycles. The van der Waals surface area contributed by atoms with E-state index in [1.165, 1.54) is 0 Å². The van der Waals surface area contributed by atoms with Crippen LogP contribution < -0.4 is 25.8 Å². The predicted octanol–water partition coefficient (Wildman–Crippen LogP) is 3.69. The molecule has 5 N–H and O–H groups in total. The third kappa shape index (κ3) is 5.91. The molecular weight excluding hydrogens is 427 g/mol. The molecule has 0 aromatic heterocycles. The molecule has 162 valence electrons. The summed E-state index contributed by atoms with van der Waals surface area (Å²) in [6.45, 7) is 0. The van der Waals surface area contributed by atoms with Crippen molar-refractivity contribution in [1.29, 1.82) is 0 Å². The minimum atomic E-state index is -4.12. The van der Waals surface area contributed by atoms with Gasteiger partial charge < -0.3 is 25.8 Å². The fourth-order valence-corrected chi connectivity index (χ4v) is 4.66. The molecule has 0 aliphatic rings. The fraction of sp³-hybridized carbons (Fsp3) is 0.0435. The van der Waals surface area contributed by atoms with Crippen LogP contribution in [0.3, 0.4) is 0 Å². The Morgan fingerprint density at radius 1 is 0.906 bits per heavy atom. The van der Waals surface area contributed by atoms with Crippen molar-refractivity contribution in [3.63, 3.8) is 0 Å². The first-order chi connectivity index (χ1) is 15.4. The molecule has 0 aliphatic heterocycles. The lowest BCUT2D eigenvalue weighted by Gasteiger charge is -2.28. The highest BCUT2D eigenvalue weighted by molar-refractivity contribution is 7.55. The van der Waals surface area contributed by atoms with Crippen molar-refractivity contribution in [2.45, 2.75) is 5.78 Å². The zero-order chi connectivity index (χ0) is 23.0. The Balaban J connectivity index is 2.07. The van der Waals surface area contributed by atoms with Gasteiger partial charge in [-0.05, 0) is 47.9 Å². The zero-order valence-electron chi connectivity index (χ0n) is 16.9. The summed E-state index contributed by atoms with van der Waals surface area (Å²) in [5.41, 5.74) is 11.7. The number of aliphatic imine (C=N–C) groups is 1. The number of rotatable bonds is 8. The molecule has 32 heavy (non-hydrogen) atoms. The van der Waals surface area contributed by atoms with Crippen molar-refractivity contribution in [3.8, 4) is 23.8 Å². The summed E-state index contributed by atoms with van der Waals surface area (Å²) in [6, 6.07) is 23.4. The van der Waals surface area contributed by atoms with Crippen molar-refractivity contribution in [2.75, 3.05) is 0 Å². The molecule has 1 atom stereocenters. The summed E-state index contributed by atoms with van der Waals surface area (Å²) < 4.78 is 25.9. The number of nitrogens with zero attached hydrogens (tertiary/aromatic N) is 1. The zero-order valence-corrected chi connectivity index (χ0v) is 17.8. The van der Waals surface area contributed by atoms with Crippen LogP contribution in [-0.2, 0) is 9.36 Å². The van der Waals surface area contributed by atoms with E-state index >= 15 is 0 Å². The van der Waals surface area contributed by atoms with Crippen LogP contribution in [0.4, 0.5) is 5.69 Å². The molecule has 0 saturated heterocycles. The number of guanidine groups is 1. The Hall–Kier alpha value is -4.21. The largest absolute Gasteiger partial charge is 0.457 e. The van der Waals surface area contributed by atoms with Gasteiger partial charge in [0, 0.05) is 0 Å². The molecule has 1 amide bonds. The number of nitrogens with two attached hydrogens (primary N) is 2. The first-order valence-corrected chi connectivity index (χ1v) is 11.1. The van der Waals surface area contributed by atoms with Crippen molar-refractivity contribution < 1.29 is 18.4 Å². The molecule has 3 aromatic carbocycles. The van der Waals surface area contributed by atoms with Crippen LogP contribution in [0.25, 0.3) is 0 Å². The average molecular weight is 448 g/mol. The lowest BCUT2D eigenvalue weighted by Crippen LogP contribution is -2.30. The maximum absolute atomic E-state index is 14.2. The van der Waals surface area contributed by atoms with Gasteiger partial charge in [0.15, 0.2) is 11.7 Å². The molecule has 0 spiro atoms. The number of carbonyl (C=O) groups is 1. The average Bonchev–Trinajstić information content (AvgIpc) is 2.79. The van der Waals surface area contributed by atoms with Crippen molar-refractivity contribution in [1.82, 2.24) is 5.32 Å². The number of hydrogen-bond acceptors (Lipinski definition) is 5. The predicted molar refractivity (Wildman–Crippen MR) is 123 cm³/mol. The Bertz CT molecular complexity index is 1130. The van der Waals surface area contributed by atoms with E-state index in [4.69, 9.17) is 26.9 Å². The summed E-state index contributed by atoms with van der Waals surface area (Å²) in [7, 11) is -4.12. The number of para-hydroxylation sites is 2. The van der Waals surface area contributed by atoms with Crippen LogP contribution in [0, 0.1) is 12.3 Å². The van der Waals surface area contributed by atoms with Gasteiger partial charge in [-0.15, -0.1) is 6.42 Å². The van der Waals surface area contributed by atoms with E-state index in [0.717, 1.165) is 0 Å². The van der Waals surface area contributed by atoms with Crippen LogP contribution in [-0.4, -0.2) is 11.9 Å². The minimum Gasteiger partial charge on any atom is -0.414 e. The molecule has 0 bridgehead atoms. The third-order valence-corrected chi connectivity index (χ3v) is 6.12. The molecule has 3 aromatic rings. The fourth-order valence-electron chi connectivity index (χ4n) is 2.77. The summed E-state index contributed by atoms with van der Waals surface area (Å²) in [4.78, 5) is 16.1. The van der Waals surface area contributed by atoms with Crippen LogP contribution in [0.15, 0.2) is 89.9 Å². The Kier molecular flexibility index (Phi) is 7.17. The topological polar surface area (TPSA) is 129 Å². The maximum atomic E-state index is 14.2. The molecule has 0 aliphatic carbocycles. The molecule has 8 nitrogen and oxygen atoms in total. The number of amides is 1. The van der Waals surface area contributed by atoms with E-state index in [1.54, 1.807) is 84.9 Å². The molecular formula is C23H21N4O4P. The third-order valence-electron chi connectivity index (χ3n) is 4.13. The number of carbonyl (C=O) groups excluding carboxylic acids is 1. The van der Waals surface area contributed by atoms with Gasteiger partial charge in [0.25, 0.3) is 5.91 Å². The first kappa shape index (κ1) is 22.5. The highest BCUT2D eigenvalue weighted by Gasteiger charge is 2.42. The second-order valence-electron chi connectivity index (χ2n) is 6.50. The minimum absolute atomic E-state index is 0.111. The van der Waals surface area contributed by atoms with Crippen LogP contribution >= 0.6 is 7.60 Å². The highest BCUT2D eigenvalue weighted by Crippen LogP contribution is 2.59. The van der Waals surface area contributed by atoms with E-state index in [1.807, 2.05) is 5.92 Å². The number of nitrogens with one attached hydrogen (secondary N) is 1. The van der Waals surface area contributed by atoms with Crippen LogP contribution in [0.1, 0.15) is 11.3 Å². The van der Waals surface area contributed by atoms with Gasteiger partial charge in [0.2, 0.25) is 0 Å². The van der Waals surface area contributed by atoms with Crippen molar-refractivity contribution in [2.24, 2.45) is 16.5 Å². The van der Waals surface area contributed by atoms with Gasteiger partial charge in [0.05, 0.1) is 5.69 Å². The molecule has 0 radical (unpaired) electrons. The van der Waals surface area contributed by atoms with E-state index in [9.17, 15) is 9.36 Å². The molecule has 1 unspecified atom stereocenters. The normalized spacial score (nSPS) is 11.5. The molecule has 3 rings (SSSR count). The van der Waals surface area contributed by atoms with Gasteiger partial charge >= 0.3 is 7.60 Å². The SMILES string of the molecule is C#CC(=O)NC(c1ccc(N=C(N)N)cc1)P(=O)(Oc1ccccc1)Oc1ccccc1. The second-order valence-corrected chi connectivity index (χ2v) is 8.46. The smallest absolute Gasteiger partial charge is 0.414 e. The second kappa shape index (κ2) is 10.2. The number of benzene rings is 3. The van der Waals surface area contributed by atoms with Crippen molar-refractivity contribution >= 4 is 25.1 Å². The van der Waals surface area contributed by atoms with E-state index in [-0.39, 0.29) is 5.96 Å². The highest BCUT2D eigenvalue weighted by atomic mass is 31.2. The van der Waals surface area contributed by atoms with Gasteiger partial charge in [-0.3, -0.25) is 4.79 Å². The van der Waals surface area contributed by atoms with Gasteiger partial charge in [-0.2, -0.15) is 0 Å². The summed E-state index contributed by atoms with van der Waals surface area (Å²) in [5.74, 6) is 0.442. The summed E-state index contributed by atoms with van der Waals surface area (Å²) in [5, 5.41) is 2.55. The number of terminal acetylenes is 1. The maximum Gasteiger partial charge on any atom is 0.457 e. The first-order valence-electron chi connectivity index (χ1n) is 9.45. The lowest BCUT2D eigenvalue weighted by atomic mass is 10.2. The summed E-state index contributed by atoms with van der Waals surface area (Å²) >= 11 is 0. The van der Waals surface area contributed by atoms with Gasteiger partial charge in [-0.25, -0.2) is 9.56 Å². The quantitative estimate of drug-likeness (QED) is 0.209. The summed E-state index contributed by atoms with van der Waals surface area (Å²) in [6.07, 6.45) is 5.25. The Morgan fingerprint density at radius 3 is 1.84 bits per heavy atom. The van der Waals surface area contributed by atoms with Gasteiger partial charge in [-0.1, -0.05) is 48.5 Å². The van der Waals surface area contributed by atoms with E-state index in [2.05, 4.69) is 10.3 Å². The van der Waals surface area contributed by atoms with E-state index < -0.39 is 19.3 Å².